The van der Waals surface area contributed by atoms with Gasteiger partial charge in [0.1, 0.15) is 0 Å². The van der Waals surface area contributed by atoms with Gasteiger partial charge in [0.05, 0.1) is 22.5 Å². The largest absolute Gasteiger partial charge is 0.496 e. The minimum atomic E-state index is -1.89. The summed E-state index contributed by atoms with van der Waals surface area (Å²) in [5.74, 6) is 0. The molecule has 1 fully saturated rings. The molecule has 1 saturated heterocycles. The Morgan fingerprint density at radius 2 is 1.46 bits per heavy atom. The Labute approximate surface area is 161 Å². The molecule has 0 N–H and O–H groups in total. The number of hydrogen-bond donors (Lipinski definition) is 0. The summed E-state index contributed by atoms with van der Waals surface area (Å²) < 4.78 is 18.8. The highest BCUT2D eigenvalue weighted by molar-refractivity contribution is 6.74. The number of nitrogens with zero attached hydrogens (tertiary/aromatic N) is 1. The van der Waals surface area contributed by atoms with Crippen LogP contribution in [-0.4, -0.2) is 31.6 Å². The Hall–Kier alpha value is -0.688. The molecule has 6 heteroatoms. The molecular formula is C20H36BNO3Si. The Kier molecular flexibility index (Phi) is 5.35. The first kappa shape index (κ1) is 21.6. The standard InChI is InChI=1S/C20H36BNO3Si/c1-17(2,3)26(10,11)25-18(4,5)16-13-12-15(14-22-16)21-23-19(6,7)20(8,9)24-21/h12-14H,1-11H3. The summed E-state index contributed by atoms with van der Waals surface area (Å²) in [4.78, 5) is 4.69. The van der Waals surface area contributed by atoms with Crippen molar-refractivity contribution in [3.05, 3.63) is 24.0 Å². The van der Waals surface area contributed by atoms with E-state index in [1.165, 1.54) is 0 Å². The van der Waals surface area contributed by atoms with Gasteiger partial charge in [0, 0.05) is 11.7 Å². The first-order chi connectivity index (χ1) is 11.5. The zero-order valence-corrected chi connectivity index (χ0v) is 19.5. The van der Waals surface area contributed by atoms with Crippen molar-refractivity contribution in [2.45, 2.75) is 97.2 Å². The molecule has 26 heavy (non-hydrogen) atoms. The molecular weight excluding hydrogens is 341 g/mol. The van der Waals surface area contributed by atoms with Crippen LogP contribution in [0, 0.1) is 0 Å². The summed E-state index contributed by atoms with van der Waals surface area (Å²) in [5, 5.41) is 0.160. The molecule has 146 valence electrons. The third-order valence-electron chi connectivity index (χ3n) is 6.25. The van der Waals surface area contributed by atoms with Crippen LogP contribution in [0.4, 0.5) is 0 Å². The van der Waals surface area contributed by atoms with Gasteiger partial charge in [-0.2, -0.15) is 0 Å². The van der Waals surface area contributed by atoms with Crippen LogP contribution >= 0.6 is 0 Å². The summed E-state index contributed by atoms with van der Waals surface area (Å²) in [6, 6.07) is 4.08. The summed E-state index contributed by atoms with van der Waals surface area (Å²) in [6.07, 6.45) is 1.86. The van der Waals surface area contributed by atoms with Crippen molar-refractivity contribution < 1.29 is 13.7 Å². The molecule has 2 rings (SSSR count). The van der Waals surface area contributed by atoms with Crippen molar-refractivity contribution in [1.29, 1.82) is 0 Å². The van der Waals surface area contributed by atoms with Crippen molar-refractivity contribution in [3.8, 4) is 0 Å². The second kappa shape index (κ2) is 6.43. The normalized spacial score (nSPS) is 20.5. The number of hydrogen-bond acceptors (Lipinski definition) is 4. The molecule has 2 heterocycles. The lowest BCUT2D eigenvalue weighted by Gasteiger charge is -2.42. The zero-order chi connectivity index (χ0) is 20.2. The van der Waals surface area contributed by atoms with Crippen LogP contribution in [0.5, 0.6) is 0 Å². The average Bonchev–Trinajstić information content (AvgIpc) is 2.65. The van der Waals surface area contributed by atoms with E-state index in [1.54, 1.807) is 0 Å². The molecule has 0 amide bonds. The van der Waals surface area contributed by atoms with Crippen molar-refractivity contribution in [2.24, 2.45) is 0 Å². The maximum atomic E-state index is 6.62. The van der Waals surface area contributed by atoms with Crippen molar-refractivity contribution in [3.63, 3.8) is 0 Å². The fraction of sp³-hybridized carbons (Fsp3) is 0.750. The van der Waals surface area contributed by atoms with E-state index in [-0.39, 0.29) is 23.4 Å². The van der Waals surface area contributed by atoms with Crippen LogP contribution in [0.25, 0.3) is 0 Å². The maximum Gasteiger partial charge on any atom is 0.496 e. The third-order valence-corrected chi connectivity index (χ3v) is 10.9. The van der Waals surface area contributed by atoms with E-state index in [0.29, 0.717) is 0 Å². The van der Waals surface area contributed by atoms with Gasteiger partial charge in [-0.1, -0.05) is 26.8 Å². The van der Waals surface area contributed by atoms with Gasteiger partial charge in [0.2, 0.25) is 0 Å². The van der Waals surface area contributed by atoms with Crippen molar-refractivity contribution in [1.82, 2.24) is 4.98 Å². The molecule has 0 unspecified atom stereocenters. The van der Waals surface area contributed by atoms with Crippen LogP contribution in [0.3, 0.4) is 0 Å². The summed E-state index contributed by atoms with van der Waals surface area (Å²) >= 11 is 0. The second-order valence-electron chi connectivity index (χ2n) is 10.4. The summed E-state index contributed by atoms with van der Waals surface area (Å²) in [7, 11) is -2.27. The number of rotatable bonds is 4. The lowest BCUT2D eigenvalue weighted by atomic mass is 9.80. The van der Waals surface area contributed by atoms with Crippen LogP contribution in [0.1, 0.15) is 68.0 Å². The lowest BCUT2D eigenvalue weighted by molar-refractivity contribution is 0.00578. The molecule has 1 aliphatic rings. The van der Waals surface area contributed by atoms with Gasteiger partial charge in [-0.15, -0.1) is 0 Å². The summed E-state index contributed by atoms with van der Waals surface area (Å²) in [5.41, 5.74) is 0.748. The highest BCUT2D eigenvalue weighted by Gasteiger charge is 2.52. The fourth-order valence-corrected chi connectivity index (χ4v) is 4.41. The highest BCUT2D eigenvalue weighted by atomic mass is 28.4. The Bertz CT molecular complexity index is 632. The van der Waals surface area contributed by atoms with E-state index in [9.17, 15) is 0 Å². The van der Waals surface area contributed by atoms with Crippen LogP contribution in [0.2, 0.25) is 18.1 Å². The molecule has 0 aliphatic carbocycles. The first-order valence-corrected chi connectivity index (χ1v) is 12.4. The van der Waals surface area contributed by atoms with Gasteiger partial charge in [-0.05, 0) is 65.7 Å². The van der Waals surface area contributed by atoms with E-state index in [1.807, 2.05) is 18.3 Å². The topological polar surface area (TPSA) is 40.6 Å². The van der Waals surface area contributed by atoms with Crippen LogP contribution < -0.4 is 5.46 Å². The van der Waals surface area contributed by atoms with Crippen molar-refractivity contribution in [2.75, 3.05) is 0 Å². The maximum absolute atomic E-state index is 6.62. The van der Waals surface area contributed by atoms with Gasteiger partial charge in [0.25, 0.3) is 0 Å². The van der Waals surface area contributed by atoms with E-state index >= 15 is 0 Å². The van der Waals surface area contributed by atoms with E-state index in [4.69, 9.17) is 18.7 Å². The first-order valence-electron chi connectivity index (χ1n) is 9.51. The van der Waals surface area contributed by atoms with Gasteiger partial charge in [-0.25, -0.2) is 0 Å². The van der Waals surface area contributed by atoms with Gasteiger partial charge in [0.15, 0.2) is 8.32 Å². The second-order valence-corrected chi connectivity index (χ2v) is 15.2. The van der Waals surface area contributed by atoms with Gasteiger partial charge < -0.3 is 13.7 Å². The molecule has 4 nitrogen and oxygen atoms in total. The lowest BCUT2D eigenvalue weighted by Crippen LogP contribution is -2.46. The Morgan fingerprint density at radius 3 is 1.85 bits per heavy atom. The van der Waals surface area contributed by atoms with Crippen LogP contribution in [0.15, 0.2) is 18.3 Å². The molecule has 0 atom stereocenters. The highest BCUT2D eigenvalue weighted by Crippen LogP contribution is 2.41. The van der Waals surface area contributed by atoms with Gasteiger partial charge in [-0.3, -0.25) is 4.98 Å². The molecule has 0 radical (unpaired) electrons. The average molecular weight is 377 g/mol. The fourth-order valence-electron chi connectivity index (χ4n) is 2.72. The predicted octanol–water partition coefficient (Wildman–Crippen LogP) is 4.64. The molecule has 1 aromatic rings. The molecule has 1 aliphatic heterocycles. The molecule has 0 spiro atoms. The smallest absolute Gasteiger partial charge is 0.406 e. The minimum Gasteiger partial charge on any atom is -0.406 e. The zero-order valence-electron chi connectivity index (χ0n) is 18.5. The molecule has 0 bridgehead atoms. The van der Waals surface area contributed by atoms with E-state index in [2.05, 4.69) is 75.4 Å². The van der Waals surface area contributed by atoms with Crippen LogP contribution in [-0.2, 0) is 19.3 Å². The van der Waals surface area contributed by atoms with E-state index < -0.39 is 13.9 Å². The minimum absolute atomic E-state index is 0.160. The Morgan fingerprint density at radius 1 is 0.962 bits per heavy atom. The monoisotopic (exact) mass is 377 g/mol. The molecule has 1 aromatic heterocycles. The Balaban J connectivity index is 2.19. The third kappa shape index (κ3) is 4.08. The number of pyridine rings is 1. The SMILES string of the molecule is CC(C)(O[Si](C)(C)C(C)(C)C)c1ccc(B2OC(C)(C)C(C)(C)O2)cn1. The molecule has 0 aromatic carbocycles. The van der Waals surface area contributed by atoms with E-state index in [0.717, 1.165) is 11.2 Å². The number of aromatic nitrogens is 1. The summed E-state index contributed by atoms with van der Waals surface area (Å²) in [6.45, 7) is 23.7. The predicted molar refractivity (Wildman–Crippen MR) is 111 cm³/mol. The molecule has 0 saturated carbocycles. The van der Waals surface area contributed by atoms with Gasteiger partial charge >= 0.3 is 7.12 Å². The van der Waals surface area contributed by atoms with Crippen molar-refractivity contribution >= 4 is 20.9 Å². The quantitative estimate of drug-likeness (QED) is 0.717.